The molecule has 0 radical (unpaired) electrons. The number of aromatic nitrogens is 4. The summed E-state index contributed by atoms with van der Waals surface area (Å²) in [6.45, 7) is 0.0265. The molecule has 2 aromatic rings. The molecule has 0 spiro atoms. The van der Waals surface area contributed by atoms with Crippen LogP contribution in [0.15, 0.2) is 11.1 Å². The van der Waals surface area contributed by atoms with Crippen molar-refractivity contribution in [3.05, 3.63) is 16.7 Å². The minimum Gasteiger partial charge on any atom is -0.396 e. The number of H-pyrrole nitrogens is 1. The molecule has 1 saturated carbocycles. The van der Waals surface area contributed by atoms with Crippen LogP contribution < -0.4 is 11.3 Å². The molecule has 19 heavy (non-hydrogen) atoms. The van der Waals surface area contributed by atoms with Crippen molar-refractivity contribution in [3.8, 4) is 0 Å². The van der Waals surface area contributed by atoms with Crippen LogP contribution in [0.2, 0.25) is 0 Å². The van der Waals surface area contributed by atoms with Crippen LogP contribution in [-0.4, -0.2) is 42.9 Å². The number of hydrogen-bond acceptors (Lipinski definition) is 6. The van der Waals surface area contributed by atoms with Crippen molar-refractivity contribution in [2.24, 2.45) is 11.8 Å². The maximum absolute atomic E-state index is 11.7. The number of aliphatic hydroxyl groups excluding tert-OH is 2. The maximum Gasteiger partial charge on any atom is 0.280 e. The first-order chi connectivity index (χ1) is 9.15. The normalized spacial score (nSPS) is 26.5. The van der Waals surface area contributed by atoms with E-state index in [1.165, 1.54) is 6.33 Å². The van der Waals surface area contributed by atoms with Crippen LogP contribution in [0.1, 0.15) is 12.5 Å². The van der Waals surface area contributed by atoms with Gasteiger partial charge in [-0.2, -0.15) is 4.98 Å². The highest BCUT2D eigenvalue weighted by Gasteiger charge is 2.41. The minimum absolute atomic E-state index is 0.0131. The van der Waals surface area contributed by atoms with Crippen molar-refractivity contribution >= 4 is 17.1 Å². The third-order valence-corrected chi connectivity index (χ3v) is 3.90. The summed E-state index contributed by atoms with van der Waals surface area (Å²) in [6.07, 6.45) is 2.26. The number of fused-ring (bicyclic) bond motifs is 1. The third-order valence-electron chi connectivity index (χ3n) is 3.90. The Morgan fingerprint density at radius 3 is 2.95 bits per heavy atom. The lowest BCUT2D eigenvalue weighted by molar-refractivity contribution is -0.00528. The van der Waals surface area contributed by atoms with Crippen LogP contribution in [-0.2, 0) is 0 Å². The zero-order valence-corrected chi connectivity index (χ0v) is 10.2. The summed E-state index contributed by atoms with van der Waals surface area (Å²) in [5, 5.41) is 18.6. The van der Waals surface area contributed by atoms with Gasteiger partial charge < -0.3 is 20.5 Å². The molecule has 0 amide bonds. The average Bonchev–Trinajstić information content (AvgIpc) is 2.73. The molecule has 0 aromatic carbocycles. The number of aromatic amines is 1. The van der Waals surface area contributed by atoms with Gasteiger partial charge in [0.1, 0.15) is 0 Å². The van der Waals surface area contributed by atoms with E-state index >= 15 is 0 Å². The number of nitrogens with one attached hydrogen (secondary N) is 1. The van der Waals surface area contributed by atoms with Gasteiger partial charge in [0.05, 0.1) is 6.33 Å². The number of nitrogens with two attached hydrogens (primary N) is 1. The van der Waals surface area contributed by atoms with Gasteiger partial charge in [-0.1, -0.05) is 0 Å². The Labute approximate surface area is 107 Å². The predicted octanol–water partition coefficient (Wildman–Crippen LogP) is -1.14. The minimum atomic E-state index is -0.375. The molecular formula is C11H15N5O3. The van der Waals surface area contributed by atoms with Gasteiger partial charge in [0, 0.05) is 25.2 Å². The molecule has 0 aliphatic heterocycles. The first-order valence-electron chi connectivity index (χ1n) is 6.09. The van der Waals surface area contributed by atoms with Crippen LogP contribution in [0.3, 0.4) is 0 Å². The molecule has 1 aliphatic rings. The number of aliphatic hydroxyl groups is 2. The van der Waals surface area contributed by atoms with Gasteiger partial charge in [0.25, 0.3) is 5.56 Å². The second-order valence-corrected chi connectivity index (χ2v) is 4.87. The van der Waals surface area contributed by atoms with Crippen molar-refractivity contribution in [2.75, 3.05) is 18.9 Å². The lowest BCUT2D eigenvalue weighted by atomic mass is 9.70. The number of hydrogen-bond donors (Lipinski definition) is 4. The number of anilines is 1. The summed E-state index contributed by atoms with van der Waals surface area (Å²) in [4.78, 5) is 22.2. The fraction of sp³-hybridized carbons (Fsp3) is 0.545. The van der Waals surface area contributed by atoms with Crippen LogP contribution in [0.5, 0.6) is 0 Å². The van der Waals surface area contributed by atoms with E-state index in [0.29, 0.717) is 5.65 Å². The molecule has 102 valence electrons. The monoisotopic (exact) mass is 265 g/mol. The molecule has 0 bridgehead atoms. The van der Waals surface area contributed by atoms with Gasteiger partial charge in [-0.3, -0.25) is 9.78 Å². The van der Waals surface area contributed by atoms with Crippen LogP contribution >= 0.6 is 0 Å². The number of nitrogen functional groups attached to an aromatic ring is 1. The van der Waals surface area contributed by atoms with E-state index < -0.39 is 0 Å². The lowest BCUT2D eigenvalue weighted by Gasteiger charge is -2.43. The highest BCUT2D eigenvalue weighted by Crippen LogP contribution is 2.44. The fourth-order valence-corrected chi connectivity index (χ4v) is 2.76. The molecule has 8 heteroatoms. The molecule has 0 unspecified atom stereocenters. The third kappa shape index (κ3) is 1.71. The second kappa shape index (κ2) is 4.32. The highest BCUT2D eigenvalue weighted by atomic mass is 16.3. The van der Waals surface area contributed by atoms with Gasteiger partial charge >= 0.3 is 0 Å². The van der Waals surface area contributed by atoms with Gasteiger partial charge in [-0.05, 0) is 12.3 Å². The fourth-order valence-electron chi connectivity index (χ4n) is 2.76. The molecule has 8 nitrogen and oxygen atoms in total. The predicted molar refractivity (Wildman–Crippen MR) is 67.4 cm³/mol. The largest absolute Gasteiger partial charge is 0.396 e. The Morgan fingerprint density at radius 1 is 1.47 bits per heavy atom. The van der Waals surface area contributed by atoms with Crippen LogP contribution in [0, 0.1) is 11.8 Å². The highest BCUT2D eigenvalue weighted by molar-refractivity contribution is 5.70. The number of imidazole rings is 1. The van der Waals surface area contributed by atoms with Crippen molar-refractivity contribution in [1.82, 2.24) is 19.5 Å². The summed E-state index contributed by atoms with van der Waals surface area (Å²) in [6, 6.07) is -0.0131. The average molecular weight is 265 g/mol. The van der Waals surface area contributed by atoms with Crippen LogP contribution in [0.25, 0.3) is 11.2 Å². The Bertz CT molecular complexity index is 664. The number of nitrogens with zero attached hydrogens (tertiary/aromatic N) is 3. The molecule has 2 heterocycles. The summed E-state index contributed by atoms with van der Waals surface area (Å²) in [5.41, 5.74) is 5.81. The summed E-state index contributed by atoms with van der Waals surface area (Å²) >= 11 is 0. The molecule has 3 rings (SSSR count). The Kier molecular flexibility index (Phi) is 2.76. The first kappa shape index (κ1) is 12.1. The topological polar surface area (TPSA) is 130 Å². The SMILES string of the molecule is Nc1nc2c(ncn2[C@@H]2C[C@@H](CO)[C@@H]2CO)c(=O)[nH]1. The lowest BCUT2D eigenvalue weighted by Crippen LogP contribution is -2.42. The Hall–Kier alpha value is -1.93. The van der Waals surface area contributed by atoms with E-state index in [-0.39, 0.29) is 48.1 Å². The molecule has 3 atom stereocenters. The zero-order chi connectivity index (χ0) is 13.6. The van der Waals surface area contributed by atoms with Gasteiger partial charge in [0.15, 0.2) is 11.2 Å². The van der Waals surface area contributed by atoms with Crippen molar-refractivity contribution < 1.29 is 10.2 Å². The quantitative estimate of drug-likeness (QED) is 0.555. The van der Waals surface area contributed by atoms with E-state index in [1.807, 2.05) is 0 Å². The smallest absolute Gasteiger partial charge is 0.280 e. The molecule has 2 aromatic heterocycles. The second-order valence-electron chi connectivity index (χ2n) is 4.87. The summed E-state index contributed by atoms with van der Waals surface area (Å²) < 4.78 is 1.76. The summed E-state index contributed by atoms with van der Waals surface area (Å²) in [5.74, 6) is 0.0642. The van der Waals surface area contributed by atoms with Gasteiger partial charge in [-0.25, -0.2) is 4.98 Å². The maximum atomic E-state index is 11.7. The molecule has 1 fully saturated rings. The standard InChI is InChI=1S/C11H15N5O3/c12-11-14-9-8(10(19)15-11)13-4-16(9)7-1-5(2-17)6(7)3-18/h4-7,17-18H,1-3H2,(H3,12,14,15,19)/t5-,6-,7+/m0/s1. The van der Waals surface area contributed by atoms with E-state index in [4.69, 9.17) is 5.73 Å². The molecule has 0 saturated heterocycles. The molecule has 5 N–H and O–H groups in total. The van der Waals surface area contributed by atoms with E-state index in [1.54, 1.807) is 4.57 Å². The van der Waals surface area contributed by atoms with Gasteiger partial charge in [0.2, 0.25) is 5.95 Å². The number of rotatable bonds is 3. The summed E-state index contributed by atoms with van der Waals surface area (Å²) in [7, 11) is 0. The van der Waals surface area contributed by atoms with E-state index in [2.05, 4.69) is 15.0 Å². The van der Waals surface area contributed by atoms with E-state index in [0.717, 1.165) is 6.42 Å². The van der Waals surface area contributed by atoms with Crippen molar-refractivity contribution in [1.29, 1.82) is 0 Å². The Morgan fingerprint density at radius 2 is 2.26 bits per heavy atom. The molecule has 1 aliphatic carbocycles. The van der Waals surface area contributed by atoms with Crippen molar-refractivity contribution in [2.45, 2.75) is 12.5 Å². The van der Waals surface area contributed by atoms with Crippen molar-refractivity contribution in [3.63, 3.8) is 0 Å². The Balaban J connectivity index is 2.05. The zero-order valence-electron chi connectivity index (χ0n) is 10.2. The van der Waals surface area contributed by atoms with E-state index in [9.17, 15) is 15.0 Å². The van der Waals surface area contributed by atoms with Gasteiger partial charge in [-0.15, -0.1) is 0 Å². The molecular weight excluding hydrogens is 250 g/mol. The van der Waals surface area contributed by atoms with Crippen LogP contribution in [0.4, 0.5) is 5.95 Å². The first-order valence-corrected chi connectivity index (χ1v) is 6.09.